The summed E-state index contributed by atoms with van der Waals surface area (Å²) in [4.78, 5) is 33.8. The van der Waals surface area contributed by atoms with Crippen molar-refractivity contribution < 1.29 is 37.9 Å². The molecule has 0 fully saturated rings. The number of hydrogen-bond donors (Lipinski definition) is 3. The van der Waals surface area contributed by atoms with Gasteiger partial charge in [0.1, 0.15) is 12.7 Å². The lowest BCUT2D eigenvalue weighted by atomic mass is 10.1. The molecule has 53 heavy (non-hydrogen) atoms. The Balaban J connectivity index is 3.71. The van der Waals surface area contributed by atoms with Crippen molar-refractivity contribution in [3.63, 3.8) is 0 Å². The van der Waals surface area contributed by atoms with E-state index in [2.05, 4.69) is 92.1 Å². The van der Waals surface area contributed by atoms with Gasteiger partial charge in [-0.25, -0.2) is 4.57 Å². The Morgan fingerprint density at radius 2 is 1.08 bits per heavy atom. The van der Waals surface area contributed by atoms with Gasteiger partial charge in [0.05, 0.1) is 13.2 Å². The third kappa shape index (κ3) is 40.5. The smallest absolute Gasteiger partial charge is 0.463 e. The van der Waals surface area contributed by atoms with E-state index in [0.717, 1.165) is 83.5 Å². The Kier molecular flexibility index (Phi) is 37.3. The Bertz CT molecular complexity index is 1100. The van der Waals surface area contributed by atoms with Gasteiger partial charge in [-0.2, -0.15) is 0 Å². The first-order valence-corrected chi connectivity index (χ1v) is 21.9. The van der Waals surface area contributed by atoms with Gasteiger partial charge in [0.25, 0.3) is 0 Å². The van der Waals surface area contributed by atoms with Crippen LogP contribution < -0.4 is 5.32 Å². The molecular formula is C43H74NO8P. The van der Waals surface area contributed by atoms with Crippen molar-refractivity contribution in [1.82, 2.24) is 5.32 Å². The Hall–Kier alpha value is -2.55. The number of phosphoric ester groups is 1. The van der Waals surface area contributed by atoms with Gasteiger partial charge in [0.15, 0.2) is 0 Å². The number of phosphoric acid groups is 1. The number of aliphatic hydroxyl groups excluding tert-OH is 1. The monoisotopic (exact) mass is 764 g/mol. The molecule has 0 aromatic carbocycles. The maximum absolute atomic E-state index is 12.1. The van der Waals surface area contributed by atoms with Gasteiger partial charge in [0.2, 0.25) is 5.91 Å². The minimum atomic E-state index is -4.43. The number of hydrogen-bond acceptors (Lipinski definition) is 7. The second-order valence-corrected chi connectivity index (χ2v) is 14.7. The normalized spacial score (nSPS) is 14.1. The summed E-state index contributed by atoms with van der Waals surface area (Å²) in [6.07, 6.45) is 46.8. The number of esters is 1. The number of carbonyl (C=O) groups excluding carboxylic acids is 2. The number of amides is 1. The predicted octanol–water partition coefficient (Wildman–Crippen LogP) is 11.1. The highest BCUT2D eigenvalue weighted by Crippen LogP contribution is 2.42. The second-order valence-electron chi connectivity index (χ2n) is 13.2. The number of ether oxygens (including phenoxy) is 1. The third-order valence-corrected chi connectivity index (χ3v) is 9.10. The van der Waals surface area contributed by atoms with E-state index in [-0.39, 0.29) is 32.1 Å². The molecule has 0 heterocycles. The van der Waals surface area contributed by atoms with E-state index in [9.17, 15) is 24.2 Å². The van der Waals surface area contributed by atoms with Crippen LogP contribution in [0.3, 0.4) is 0 Å². The quantitative estimate of drug-likeness (QED) is 0.0247. The zero-order valence-corrected chi connectivity index (χ0v) is 34.1. The Morgan fingerprint density at radius 3 is 1.66 bits per heavy atom. The van der Waals surface area contributed by atoms with Crippen LogP contribution in [0, 0.1) is 0 Å². The van der Waals surface area contributed by atoms with Gasteiger partial charge in [-0.15, -0.1) is 0 Å². The topological polar surface area (TPSA) is 131 Å². The molecule has 0 saturated carbocycles. The van der Waals surface area contributed by atoms with Gasteiger partial charge in [-0.05, 0) is 83.5 Å². The molecule has 0 aromatic heterocycles. The Morgan fingerprint density at radius 1 is 0.604 bits per heavy atom. The van der Waals surface area contributed by atoms with E-state index in [1.165, 1.54) is 38.5 Å². The lowest BCUT2D eigenvalue weighted by molar-refractivity contribution is -0.147. The van der Waals surface area contributed by atoms with Gasteiger partial charge in [-0.3, -0.25) is 18.6 Å². The molecule has 0 aliphatic rings. The highest BCUT2D eigenvalue weighted by Gasteiger charge is 2.23. The van der Waals surface area contributed by atoms with Crippen LogP contribution in [0.1, 0.15) is 155 Å². The van der Waals surface area contributed by atoms with Crippen LogP contribution >= 0.6 is 7.82 Å². The van der Waals surface area contributed by atoms with Crippen LogP contribution in [0.15, 0.2) is 72.9 Å². The molecule has 0 radical (unpaired) electrons. The minimum absolute atomic E-state index is 0.0695. The average Bonchev–Trinajstić information content (AvgIpc) is 3.14. The first-order chi connectivity index (χ1) is 25.8. The largest absolute Gasteiger partial charge is 0.472 e. The van der Waals surface area contributed by atoms with Crippen LogP contribution in [-0.2, 0) is 27.9 Å². The van der Waals surface area contributed by atoms with Crippen LogP contribution in [0.5, 0.6) is 0 Å². The van der Waals surface area contributed by atoms with Gasteiger partial charge < -0.3 is 20.1 Å². The van der Waals surface area contributed by atoms with Crippen molar-refractivity contribution in [3.8, 4) is 0 Å². The zero-order chi connectivity index (χ0) is 38.9. The standard InChI is InChI=1S/C43H74NO8P/c1-3-5-7-9-11-13-15-17-18-19-20-21-22-24-26-28-30-32-34-36-43(47)50-39-41(45)40-52-53(48,49)51-38-37-44-42(46)35-33-31-29-27-25-23-16-14-12-10-8-6-4-2/h5,7,11,13-14,16-18,20-21,24,26,41,45H,3-4,6,8-10,12,15,19,22-23,25,27-40H2,1-2H3,(H,44,46)(H,48,49)/b7-5-,13-11-,16-14-,18-17-,21-20-,26-24-. The molecule has 0 aliphatic carbocycles. The number of unbranched alkanes of at least 4 members (excludes halogenated alkanes) is 12. The van der Waals surface area contributed by atoms with Crippen LogP contribution in [0.25, 0.3) is 0 Å². The number of rotatable bonds is 37. The highest BCUT2D eigenvalue weighted by molar-refractivity contribution is 7.47. The van der Waals surface area contributed by atoms with E-state index < -0.39 is 26.5 Å². The molecule has 3 N–H and O–H groups in total. The number of aliphatic hydroxyl groups is 1. The van der Waals surface area contributed by atoms with Crippen molar-refractivity contribution in [2.24, 2.45) is 0 Å². The van der Waals surface area contributed by atoms with E-state index in [1.807, 2.05) is 0 Å². The molecule has 1 amide bonds. The molecular weight excluding hydrogens is 689 g/mol. The van der Waals surface area contributed by atoms with Crippen LogP contribution in [0.4, 0.5) is 0 Å². The van der Waals surface area contributed by atoms with E-state index in [0.29, 0.717) is 12.8 Å². The number of allylic oxidation sites excluding steroid dienone is 12. The second kappa shape index (κ2) is 39.2. The first kappa shape index (κ1) is 50.5. The molecule has 304 valence electrons. The van der Waals surface area contributed by atoms with E-state index in [4.69, 9.17) is 13.8 Å². The minimum Gasteiger partial charge on any atom is -0.463 e. The summed E-state index contributed by atoms with van der Waals surface area (Å²) in [7, 11) is -4.43. The maximum Gasteiger partial charge on any atom is 0.472 e. The molecule has 0 spiro atoms. The lowest BCUT2D eigenvalue weighted by Gasteiger charge is -2.15. The summed E-state index contributed by atoms with van der Waals surface area (Å²) in [6.45, 7) is 3.35. The van der Waals surface area contributed by atoms with Gasteiger partial charge >= 0.3 is 13.8 Å². The van der Waals surface area contributed by atoms with Crippen LogP contribution in [0.2, 0.25) is 0 Å². The van der Waals surface area contributed by atoms with Crippen molar-refractivity contribution in [1.29, 1.82) is 0 Å². The lowest BCUT2D eigenvalue weighted by Crippen LogP contribution is -2.27. The van der Waals surface area contributed by atoms with Crippen LogP contribution in [-0.4, -0.2) is 54.3 Å². The predicted molar refractivity (Wildman–Crippen MR) is 219 cm³/mol. The molecule has 0 aromatic rings. The maximum atomic E-state index is 12.1. The first-order valence-electron chi connectivity index (χ1n) is 20.4. The molecule has 0 bridgehead atoms. The van der Waals surface area contributed by atoms with Crippen molar-refractivity contribution >= 4 is 19.7 Å². The van der Waals surface area contributed by atoms with Crippen molar-refractivity contribution in [3.05, 3.63) is 72.9 Å². The van der Waals surface area contributed by atoms with E-state index >= 15 is 0 Å². The summed E-state index contributed by atoms with van der Waals surface area (Å²) in [5.74, 6) is -0.565. The SMILES string of the molecule is CC/C=C\C/C=C\C/C=C\C/C=C\C/C=C\CCCCCC(=O)OCC(O)COP(=O)(O)OCCNC(=O)CCCCCCC/C=C\CCCCCC. The average molecular weight is 764 g/mol. The fourth-order valence-corrected chi connectivity index (χ4v) is 5.80. The van der Waals surface area contributed by atoms with E-state index in [1.54, 1.807) is 0 Å². The van der Waals surface area contributed by atoms with Gasteiger partial charge in [-0.1, -0.05) is 132 Å². The number of carbonyl (C=O) groups is 2. The summed E-state index contributed by atoms with van der Waals surface area (Å²) in [5.41, 5.74) is 0. The molecule has 0 rings (SSSR count). The highest BCUT2D eigenvalue weighted by atomic mass is 31.2. The molecule has 10 heteroatoms. The fourth-order valence-electron chi connectivity index (χ4n) is 5.05. The summed E-state index contributed by atoms with van der Waals surface area (Å²) >= 11 is 0. The molecule has 2 unspecified atom stereocenters. The molecule has 9 nitrogen and oxygen atoms in total. The summed E-state index contributed by atoms with van der Waals surface area (Å²) < 4.78 is 26.8. The van der Waals surface area contributed by atoms with Crippen molar-refractivity contribution in [2.75, 3.05) is 26.4 Å². The fraction of sp³-hybridized carbons (Fsp3) is 0.674. The summed E-state index contributed by atoms with van der Waals surface area (Å²) in [5, 5.41) is 12.7. The van der Waals surface area contributed by atoms with Gasteiger partial charge in [0, 0.05) is 19.4 Å². The molecule has 0 aliphatic heterocycles. The van der Waals surface area contributed by atoms with Crippen molar-refractivity contribution in [2.45, 2.75) is 161 Å². The summed E-state index contributed by atoms with van der Waals surface area (Å²) in [6, 6.07) is 0. The molecule has 0 saturated heterocycles. The molecule has 2 atom stereocenters. The Labute approximate surface area is 322 Å². The zero-order valence-electron chi connectivity index (χ0n) is 33.2. The third-order valence-electron chi connectivity index (χ3n) is 8.12. The number of nitrogens with one attached hydrogen (secondary N) is 1.